The van der Waals surface area contributed by atoms with Crippen LogP contribution in [0.2, 0.25) is 0 Å². The van der Waals surface area contributed by atoms with Gasteiger partial charge >= 0.3 is 0 Å². The largest absolute Gasteiger partial charge is 0.309 e. The summed E-state index contributed by atoms with van der Waals surface area (Å²) in [6.07, 6.45) is 0. The van der Waals surface area contributed by atoms with Gasteiger partial charge in [-0.2, -0.15) is 0 Å². The Morgan fingerprint density at radius 3 is 1.42 bits per heavy atom. The van der Waals surface area contributed by atoms with Crippen LogP contribution in [0.1, 0.15) is 0 Å². The zero-order chi connectivity index (χ0) is 34.4. The Labute approximate surface area is 307 Å². The normalized spacial score (nSPS) is 11.5. The summed E-state index contributed by atoms with van der Waals surface area (Å²) in [4.78, 5) is 0. The van der Waals surface area contributed by atoms with Crippen LogP contribution in [0.3, 0.4) is 0 Å². The SMILES string of the molecule is c1ccc(-c2ccc(-c3ccc4c(c3)c(-c3ccc(-c5ccccc5)cc3)c(-c3ccccc3)n4-c3ccc4sc5ccccc5c4c3)cc2)cc1. The number of thiophene rings is 1. The van der Waals surface area contributed by atoms with Gasteiger partial charge in [-0.1, -0.05) is 164 Å². The van der Waals surface area contributed by atoms with Crippen molar-refractivity contribution < 1.29 is 0 Å². The second-order valence-corrected chi connectivity index (χ2v) is 14.4. The van der Waals surface area contributed by atoms with Crippen LogP contribution < -0.4 is 0 Å². The van der Waals surface area contributed by atoms with E-state index in [9.17, 15) is 0 Å². The van der Waals surface area contributed by atoms with Gasteiger partial charge < -0.3 is 4.57 Å². The van der Waals surface area contributed by atoms with Gasteiger partial charge in [-0.25, -0.2) is 0 Å². The summed E-state index contributed by atoms with van der Waals surface area (Å²) in [5.74, 6) is 0. The van der Waals surface area contributed by atoms with Crippen LogP contribution in [0.15, 0.2) is 200 Å². The van der Waals surface area contributed by atoms with Crippen LogP contribution in [-0.4, -0.2) is 4.57 Å². The minimum Gasteiger partial charge on any atom is -0.309 e. The minimum absolute atomic E-state index is 1.16. The van der Waals surface area contributed by atoms with Crippen LogP contribution in [0.25, 0.3) is 92.5 Å². The third-order valence-electron chi connectivity index (χ3n) is 10.2. The van der Waals surface area contributed by atoms with Gasteiger partial charge in [0, 0.05) is 36.8 Å². The average Bonchev–Trinajstić information content (AvgIpc) is 3.77. The average molecular weight is 680 g/mol. The summed E-state index contributed by atoms with van der Waals surface area (Å²) in [5.41, 5.74) is 14.4. The second-order valence-electron chi connectivity index (χ2n) is 13.3. The maximum atomic E-state index is 2.49. The van der Waals surface area contributed by atoms with E-state index in [0.717, 1.165) is 5.69 Å². The smallest absolute Gasteiger partial charge is 0.0619 e. The van der Waals surface area contributed by atoms with Crippen LogP contribution in [0.5, 0.6) is 0 Å². The monoisotopic (exact) mass is 679 g/mol. The van der Waals surface area contributed by atoms with Crippen molar-refractivity contribution in [2.24, 2.45) is 0 Å². The molecule has 0 radical (unpaired) electrons. The third-order valence-corrected chi connectivity index (χ3v) is 11.4. The minimum atomic E-state index is 1.16. The number of nitrogens with zero attached hydrogens (tertiary/aromatic N) is 1. The van der Waals surface area contributed by atoms with Gasteiger partial charge in [-0.05, 0) is 80.9 Å². The van der Waals surface area contributed by atoms with Crippen LogP contribution >= 0.6 is 11.3 Å². The Hall–Kier alpha value is -6.48. The molecule has 8 aromatic carbocycles. The van der Waals surface area contributed by atoms with E-state index < -0.39 is 0 Å². The number of aromatic nitrogens is 1. The molecule has 0 amide bonds. The van der Waals surface area contributed by atoms with Gasteiger partial charge in [-0.3, -0.25) is 0 Å². The van der Waals surface area contributed by atoms with Gasteiger partial charge in [0.2, 0.25) is 0 Å². The number of fused-ring (bicyclic) bond motifs is 4. The van der Waals surface area contributed by atoms with E-state index in [1.807, 2.05) is 11.3 Å². The number of hydrogen-bond donors (Lipinski definition) is 0. The first-order valence-corrected chi connectivity index (χ1v) is 18.6. The lowest BCUT2D eigenvalue weighted by atomic mass is 9.94. The highest BCUT2D eigenvalue weighted by Crippen LogP contribution is 2.45. The highest BCUT2D eigenvalue weighted by Gasteiger charge is 2.23. The second kappa shape index (κ2) is 12.7. The molecule has 0 spiro atoms. The van der Waals surface area contributed by atoms with Crippen molar-refractivity contribution >= 4 is 42.4 Å². The summed E-state index contributed by atoms with van der Waals surface area (Å²) < 4.78 is 5.11. The van der Waals surface area contributed by atoms with Crippen molar-refractivity contribution in [2.75, 3.05) is 0 Å². The first-order chi connectivity index (χ1) is 25.8. The number of benzene rings is 8. The fraction of sp³-hybridized carbons (Fsp3) is 0. The Morgan fingerprint density at radius 2 is 0.788 bits per heavy atom. The lowest BCUT2D eigenvalue weighted by Crippen LogP contribution is -1.97. The molecule has 0 saturated heterocycles. The first-order valence-electron chi connectivity index (χ1n) is 17.8. The molecule has 52 heavy (non-hydrogen) atoms. The predicted octanol–water partition coefficient (Wildman–Crippen LogP) is 14.3. The highest BCUT2D eigenvalue weighted by atomic mass is 32.1. The van der Waals surface area contributed by atoms with E-state index in [1.165, 1.54) is 86.8 Å². The van der Waals surface area contributed by atoms with Crippen molar-refractivity contribution in [1.82, 2.24) is 4.57 Å². The van der Waals surface area contributed by atoms with Crippen molar-refractivity contribution in [2.45, 2.75) is 0 Å². The van der Waals surface area contributed by atoms with E-state index in [1.54, 1.807) is 0 Å². The molecule has 0 N–H and O–H groups in total. The maximum Gasteiger partial charge on any atom is 0.0619 e. The lowest BCUT2D eigenvalue weighted by Gasteiger charge is -2.14. The molecule has 2 heteroatoms. The van der Waals surface area contributed by atoms with E-state index in [4.69, 9.17) is 0 Å². The van der Waals surface area contributed by atoms with Crippen molar-refractivity contribution in [1.29, 1.82) is 0 Å². The quantitative estimate of drug-likeness (QED) is 0.165. The fourth-order valence-corrected chi connectivity index (χ4v) is 8.79. The Bertz CT molecular complexity index is 2850. The molecular formula is C50H33NS. The van der Waals surface area contributed by atoms with Crippen molar-refractivity contribution in [3.05, 3.63) is 200 Å². The molecule has 0 aliphatic rings. The lowest BCUT2D eigenvalue weighted by molar-refractivity contribution is 1.14. The van der Waals surface area contributed by atoms with E-state index in [2.05, 4.69) is 205 Å². The fourth-order valence-electron chi connectivity index (χ4n) is 7.70. The Balaban J connectivity index is 1.23. The van der Waals surface area contributed by atoms with E-state index in [0.29, 0.717) is 0 Å². The molecule has 0 unspecified atom stereocenters. The summed E-state index contributed by atoms with van der Waals surface area (Å²) >= 11 is 1.86. The van der Waals surface area contributed by atoms with E-state index >= 15 is 0 Å². The summed E-state index contributed by atoms with van der Waals surface area (Å²) in [6.45, 7) is 0. The topological polar surface area (TPSA) is 4.93 Å². The molecule has 2 heterocycles. The van der Waals surface area contributed by atoms with Crippen LogP contribution in [0, 0.1) is 0 Å². The van der Waals surface area contributed by atoms with Gasteiger partial charge in [0.1, 0.15) is 0 Å². The van der Waals surface area contributed by atoms with Gasteiger partial charge in [0.15, 0.2) is 0 Å². The molecule has 0 bridgehead atoms. The van der Waals surface area contributed by atoms with Gasteiger partial charge in [0.05, 0.1) is 11.2 Å². The van der Waals surface area contributed by atoms with Crippen LogP contribution in [0.4, 0.5) is 0 Å². The molecule has 1 nitrogen and oxygen atoms in total. The standard InChI is InChI=1S/C50H33NS/c1-4-12-34(13-5-1)36-20-22-38(23-21-36)41-28-30-46-45(32-41)49(39-26-24-37(25-27-39)35-14-6-2-7-15-35)50(40-16-8-3-9-17-40)51(46)42-29-31-48-44(33-42)43-18-10-11-19-47(43)52-48/h1-33H. The molecule has 10 rings (SSSR count). The third kappa shape index (κ3) is 5.24. The molecule has 0 aliphatic heterocycles. The summed E-state index contributed by atoms with van der Waals surface area (Å²) in [5, 5.41) is 3.83. The van der Waals surface area contributed by atoms with E-state index in [-0.39, 0.29) is 0 Å². The molecule has 0 fully saturated rings. The number of rotatable bonds is 6. The number of hydrogen-bond acceptors (Lipinski definition) is 1. The van der Waals surface area contributed by atoms with Crippen molar-refractivity contribution in [3.63, 3.8) is 0 Å². The zero-order valence-electron chi connectivity index (χ0n) is 28.4. The zero-order valence-corrected chi connectivity index (χ0v) is 29.2. The molecule has 0 atom stereocenters. The highest BCUT2D eigenvalue weighted by molar-refractivity contribution is 7.25. The molecular weight excluding hydrogens is 647 g/mol. The van der Waals surface area contributed by atoms with Crippen LogP contribution in [-0.2, 0) is 0 Å². The maximum absolute atomic E-state index is 2.49. The van der Waals surface area contributed by atoms with Gasteiger partial charge in [0.25, 0.3) is 0 Å². The summed E-state index contributed by atoms with van der Waals surface area (Å²) in [6, 6.07) is 72.9. The molecule has 244 valence electrons. The first kappa shape index (κ1) is 30.4. The van der Waals surface area contributed by atoms with Crippen molar-refractivity contribution in [3.8, 4) is 61.5 Å². The molecule has 0 aliphatic carbocycles. The summed E-state index contributed by atoms with van der Waals surface area (Å²) in [7, 11) is 0. The Kier molecular flexibility index (Phi) is 7.41. The predicted molar refractivity (Wildman–Crippen MR) is 223 cm³/mol. The molecule has 2 aromatic heterocycles. The Morgan fingerprint density at radius 1 is 0.308 bits per heavy atom. The molecule has 10 aromatic rings. The van der Waals surface area contributed by atoms with Gasteiger partial charge in [-0.15, -0.1) is 11.3 Å². The molecule has 0 saturated carbocycles.